The fourth-order valence-corrected chi connectivity index (χ4v) is 4.20. The van der Waals surface area contributed by atoms with Crippen LogP contribution in [0.5, 0.6) is 0 Å². The number of ether oxygens (including phenoxy) is 5. The Bertz CT molecular complexity index is 959. The summed E-state index contributed by atoms with van der Waals surface area (Å²) in [4.78, 5) is 35.0. The SMILES string of the molecule is CC(=O)N[C@H]1[C@H](O[C@H]2[C@H](O)[C@@H](O)C(O)O[C@@H]2C(=O)O)O[C@H](CO)[C@H](O)[C@@H]1O[C@@H]1OC(C(=O)O)=C(O)[C@H](O)[C@H]1O. The molecule has 0 radical (unpaired) electrons. The lowest BCUT2D eigenvalue weighted by molar-refractivity contribution is -0.347. The quantitative estimate of drug-likeness (QED) is 0.129. The molecule has 0 bridgehead atoms. The normalized spacial score (nSPS) is 42.9. The molecule has 0 spiro atoms. The number of carboxylic acid groups (broad SMARTS) is 2. The van der Waals surface area contributed by atoms with E-state index in [2.05, 4.69) is 5.32 Å². The smallest absolute Gasteiger partial charge is 0.375 e. The van der Waals surface area contributed by atoms with Crippen molar-refractivity contribution in [2.75, 3.05) is 6.61 Å². The monoisotopic (exact) mass is 571 g/mol. The van der Waals surface area contributed by atoms with Crippen LogP contribution in [-0.2, 0) is 38.1 Å². The van der Waals surface area contributed by atoms with Gasteiger partial charge in [-0.3, -0.25) is 4.79 Å². The van der Waals surface area contributed by atoms with E-state index in [1.54, 1.807) is 0 Å². The number of nitrogens with one attached hydrogen (secondary N) is 1. The molecule has 1 unspecified atom stereocenters. The van der Waals surface area contributed by atoms with E-state index in [1.807, 2.05) is 0 Å². The van der Waals surface area contributed by atoms with Crippen LogP contribution in [0.4, 0.5) is 0 Å². The highest BCUT2D eigenvalue weighted by Gasteiger charge is 2.55. The van der Waals surface area contributed by atoms with Crippen molar-refractivity contribution in [2.24, 2.45) is 0 Å². The number of carbonyl (C=O) groups excluding carboxylic acids is 1. The highest BCUT2D eigenvalue weighted by atomic mass is 16.7. The van der Waals surface area contributed by atoms with E-state index in [1.165, 1.54) is 0 Å². The zero-order chi connectivity index (χ0) is 29.3. The van der Waals surface area contributed by atoms with Crippen molar-refractivity contribution in [3.8, 4) is 0 Å². The van der Waals surface area contributed by atoms with Crippen LogP contribution >= 0.6 is 0 Å². The van der Waals surface area contributed by atoms with Crippen molar-refractivity contribution in [1.29, 1.82) is 0 Å². The molecular formula is C20H29NO18. The van der Waals surface area contributed by atoms with Crippen LogP contribution in [0.15, 0.2) is 11.5 Å². The molecule has 0 aromatic heterocycles. The fraction of sp³-hybridized carbons (Fsp3) is 0.750. The molecule has 0 aromatic rings. The summed E-state index contributed by atoms with van der Waals surface area (Å²) in [5.41, 5.74) is 0. The van der Waals surface area contributed by atoms with Gasteiger partial charge in [-0.15, -0.1) is 0 Å². The molecule has 0 aromatic carbocycles. The maximum Gasteiger partial charge on any atom is 0.375 e. The number of rotatable bonds is 8. The third-order valence-electron chi connectivity index (χ3n) is 6.16. The molecule has 19 heteroatoms. The molecule has 0 aliphatic carbocycles. The lowest BCUT2D eigenvalue weighted by atomic mass is 9.95. The van der Waals surface area contributed by atoms with Crippen LogP contribution in [0, 0.1) is 0 Å². The van der Waals surface area contributed by atoms with Gasteiger partial charge < -0.3 is 80.1 Å². The Hall–Kier alpha value is -2.69. The molecule has 3 aliphatic rings. The Balaban J connectivity index is 1.96. The highest BCUT2D eigenvalue weighted by Crippen LogP contribution is 2.33. The number of hydrogen-bond acceptors (Lipinski definition) is 16. The van der Waals surface area contributed by atoms with Crippen molar-refractivity contribution in [1.82, 2.24) is 5.32 Å². The average molecular weight is 571 g/mol. The summed E-state index contributed by atoms with van der Waals surface area (Å²) in [6.45, 7) is 0.0508. The first-order chi connectivity index (χ1) is 18.2. The average Bonchev–Trinajstić information content (AvgIpc) is 2.86. The Morgan fingerprint density at radius 1 is 0.872 bits per heavy atom. The first kappa shape index (κ1) is 30.8. The van der Waals surface area contributed by atoms with Gasteiger partial charge in [0.05, 0.1) is 6.61 Å². The number of carbonyl (C=O) groups is 3. The van der Waals surface area contributed by atoms with Crippen LogP contribution in [0.2, 0.25) is 0 Å². The molecule has 222 valence electrons. The van der Waals surface area contributed by atoms with E-state index in [4.69, 9.17) is 23.7 Å². The molecule has 2 fully saturated rings. The van der Waals surface area contributed by atoms with Gasteiger partial charge in [0.15, 0.2) is 24.4 Å². The fourth-order valence-electron chi connectivity index (χ4n) is 4.20. The summed E-state index contributed by atoms with van der Waals surface area (Å²) in [7, 11) is 0. The Labute approximate surface area is 218 Å². The van der Waals surface area contributed by atoms with E-state index in [0.29, 0.717) is 0 Å². The van der Waals surface area contributed by atoms with E-state index < -0.39 is 116 Å². The van der Waals surface area contributed by atoms with Gasteiger partial charge in [0.25, 0.3) is 0 Å². The summed E-state index contributed by atoms with van der Waals surface area (Å²) in [6, 6.07) is -1.69. The second kappa shape index (κ2) is 12.2. The highest BCUT2D eigenvalue weighted by molar-refractivity contribution is 5.85. The summed E-state index contributed by atoms with van der Waals surface area (Å²) < 4.78 is 26.1. The molecule has 11 N–H and O–H groups in total. The molecule has 2 saturated heterocycles. The lowest BCUT2D eigenvalue weighted by Gasteiger charge is -2.48. The molecule has 0 saturated carbocycles. The Morgan fingerprint density at radius 3 is 2.03 bits per heavy atom. The standard InChI is InChI=1S/C20H29NO18/c1-3(23)21-5-12(37-20-11(29)7(25)8(26)14(39-20)16(30)31)6(24)4(2-22)35-19(5)38-13-9(27)10(28)18(34)36-15(13)17(32)33/h4-7,9-13,15,18-20,22,24-29,34H,2H2,1H3,(H,21,23)(H,30,31)(H,32,33)/t4-,5-,6+,7+,9-,10-,11-,12-,13+,15+,18?,19+,20-/m1/s1. The molecule has 1 amide bonds. The van der Waals surface area contributed by atoms with Gasteiger partial charge in [-0.1, -0.05) is 0 Å². The van der Waals surface area contributed by atoms with Gasteiger partial charge in [0.2, 0.25) is 18.0 Å². The maximum absolute atomic E-state index is 12.0. The summed E-state index contributed by atoms with van der Waals surface area (Å²) >= 11 is 0. The van der Waals surface area contributed by atoms with Crippen molar-refractivity contribution < 1.29 is 89.1 Å². The molecular weight excluding hydrogens is 542 g/mol. The van der Waals surface area contributed by atoms with Gasteiger partial charge in [0, 0.05) is 6.92 Å². The van der Waals surface area contributed by atoms with Crippen molar-refractivity contribution in [3.63, 3.8) is 0 Å². The first-order valence-corrected chi connectivity index (χ1v) is 11.3. The van der Waals surface area contributed by atoms with Crippen molar-refractivity contribution >= 4 is 17.8 Å². The van der Waals surface area contributed by atoms with Gasteiger partial charge in [0.1, 0.15) is 54.9 Å². The van der Waals surface area contributed by atoms with E-state index in [9.17, 15) is 65.4 Å². The number of aliphatic carboxylic acids is 2. The first-order valence-electron chi connectivity index (χ1n) is 11.3. The minimum Gasteiger partial charge on any atom is -0.506 e. The number of carboxylic acids is 2. The molecule has 19 nitrogen and oxygen atoms in total. The van der Waals surface area contributed by atoms with Crippen LogP contribution < -0.4 is 5.32 Å². The zero-order valence-corrected chi connectivity index (χ0v) is 20.0. The lowest BCUT2D eigenvalue weighted by Crippen LogP contribution is -2.69. The summed E-state index contributed by atoms with van der Waals surface area (Å²) in [6.07, 6.45) is -24.0. The minimum absolute atomic E-state index is 0.819. The van der Waals surface area contributed by atoms with Crippen molar-refractivity contribution in [3.05, 3.63) is 11.5 Å². The van der Waals surface area contributed by atoms with Gasteiger partial charge in [-0.25, -0.2) is 9.59 Å². The number of aliphatic hydroxyl groups excluding tert-OH is 8. The third kappa shape index (κ3) is 6.23. The number of amides is 1. The molecule has 13 atom stereocenters. The Morgan fingerprint density at radius 2 is 1.49 bits per heavy atom. The molecule has 3 rings (SSSR count). The zero-order valence-electron chi connectivity index (χ0n) is 20.0. The van der Waals surface area contributed by atoms with Gasteiger partial charge >= 0.3 is 11.9 Å². The van der Waals surface area contributed by atoms with Gasteiger partial charge in [-0.05, 0) is 0 Å². The van der Waals surface area contributed by atoms with E-state index in [-0.39, 0.29) is 0 Å². The van der Waals surface area contributed by atoms with Crippen molar-refractivity contribution in [2.45, 2.75) is 86.8 Å². The third-order valence-corrected chi connectivity index (χ3v) is 6.16. The second-order valence-electron chi connectivity index (χ2n) is 8.85. The predicted octanol–water partition coefficient (Wildman–Crippen LogP) is -6.20. The Kier molecular flexibility index (Phi) is 9.67. The predicted molar refractivity (Wildman–Crippen MR) is 114 cm³/mol. The van der Waals surface area contributed by atoms with E-state index >= 15 is 0 Å². The summed E-state index contributed by atoms with van der Waals surface area (Å²) in [5.74, 6) is -6.87. The van der Waals surface area contributed by atoms with Crippen LogP contribution in [0.25, 0.3) is 0 Å². The number of hydrogen-bond donors (Lipinski definition) is 11. The van der Waals surface area contributed by atoms with Crippen LogP contribution in [0.3, 0.4) is 0 Å². The van der Waals surface area contributed by atoms with Crippen LogP contribution in [0.1, 0.15) is 6.92 Å². The van der Waals surface area contributed by atoms with Crippen LogP contribution in [-0.4, -0.2) is 155 Å². The molecule has 39 heavy (non-hydrogen) atoms. The molecule has 3 aliphatic heterocycles. The summed E-state index contributed by atoms with van der Waals surface area (Å²) in [5, 5.41) is 102. The maximum atomic E-state index is 12.0. The minimum atomic E-state index is -2.22. The largest absolute Gasteiger partial charge is 0.506 e. The topological polar surface area (TPSA) is 312 Å². The second-order valence-corrected chi connectivity index (χ2v) is 8.85. The van der Waals surface area contributed by atoms with Gasteiger partial charge in [-0.2, -0.15) is 0 Å². The van der Waals surface area contributed by atoms with E-state index in [0.717, 1.165) is 6.92 Å². The molecule has 3 heterocycles. The number of aliphatic hydroxyl groups is 8.